The molecule has 6 nitrogen and oxygen atoms in total. The van der Waals surface area contributed by atoms with E-state index in [1.165, 1.54) is 0 Å². The highest BCUT2D eigenvalue weighted by Crippen LogP contribution is 2.39. The Morgan fingerprint density at radius 3 is 2.55 bits per heavy atom. The van der Waals surface area contributed by atoms with E-state index in [-0.39, 0.29) is 11.8 Å². The zero-order chi connectivity index (χ0) is 20.3. The fourth-order valence-corrected chi connectivity index (χ4v) is 4.82. The predicted octanol–water partition coefficient (Wildman–Crippen LogP) is 2.83. The van der Waals surface area contributed by atoms with Gasteiger partial charge in [0, 0.05) is 38.8 Å². The van der Waals surface area contributed by atoms with Crippen LogP contribution >= 0.6 is 0 Å². The number of fused-ring (bicyclic) bond motifs is 3. The molecule has 1 N–H and O–H groups in total. The van der Waals surface area contributed by atoms with Gasteiger partial charge in [-0.2, -0.15) is 10.2 Å². The van der Waals surface area contributed by atoms with Crippen LogP contribution in [0.5, 0.6) is 0 Å². The lowest BCUT2D eigenvalue weighted by molar-refractivity contribution is -0.149. The molecule has 4 aliphatic heterocycles. The fraction of sp³-hybridized carbons (Fsp3) is 0.609. The summed E-state index contributed by atoms with van der Waals surface area (Å²) in [6, 6.07) is 10.00. The fourth-order valence-electron chi connectivity index (χ4n) is 4.82. The van der Waals surface area contributed by atoms with Gasteiger partial charge in [-0.3, -0.25) is 4.79 Å². The molecule has 3 fully saturated rings. The van der Waals surface area contributed by atoms with Crippen LogP contribution in [0.3, 0.4) is 0 Å². The van der Waals surface area contributed by atoms with Gasteiger partial charge in [0.2, 0.25) is 5.91 Å². The monoisotopic (exact) mass is 394 g/mol. The summed E-state index contributed by atoms with van der Waals surface area (Å²) in [5.41, 5.74) is -0.197. The first-order chi connectivity index (χ1) is 14.0. The highest BCUT2D eigenvalue weighted by molar-refractivity contribution is 5.76. The van der Waals surface area contributed by atoms with Gasteiger partial charge in [-0.15, -0.1) is 12.3 Å². The van der Waals surface area contributed by atoms with Crippen LogP contribution in [0.2, 0.25) is 0 Å². The van der Waals surface area contributed by atoms with Crippen molar-refractivity contribution >= 4 is 5.91 Å². The minimum Gasteiger partial charge on any atom is -0.386 e. The second kappa shape index (κ2) is 8.25. The SMILES string of the molecule is C#CCCC1(CCC(=O)N(Cc2ccccc2)CC2(O)CN3CCC2CC3)N=N1. The van der Waals surface area contributed by atoms with Crippen molar-refractivity contribution in [2.75, 3.05) is 26.2 Å². The molecule has 0 spiro atoms. The molecule has 29 heavy (non-hydrogen) atoms. The average molecular weight is 395 g/mol. The van der Waals surface area contributed by atoms with E-state index >= 15 is 0 Å². The van der Waals surface area contributed by atoms with Crippen molar-refractivity contribution in [3.8, 4) is 12.3 Å². The van der Waals surface area contributed by atoms with Gasteiger partial charge in [0.15, 0.2) is 5.66 Å². The topological polar surface area (TPSA) is 68.5 Å². The van der Waals surface area contributed by atoms with Gasteiger partial charge in [0.05, 0.1) is 12.1 Å². The Bertz CT molecular complexity index is 789. The molecular formula is C23H30N4O2. The third kappa shape index (κ3) is 4.68. The number of hydrogen-bond acceptors (Lipinski definition) is 5. The number of amides is 1. The molecule has 154 valence electrons. The third-order valence-electron chi connectivity index (χ3n) is 6.67. The van der Waals surface area contributed by atoms with Crippen molar-refractivity contribution in [2.45, 2.75) is 56.3 Å². The van der Waals surface area contributed by atoms with Gasteiger partial charge < -0.3 is 14.9 Å². The van der Waals surface area contributed by atoms with Crippen LogP contribution in [0.15, 0.2) is 40.6 Å². The standard InChI is InChI=1S/C23H30N4O2/c1-2-3-12-23(24-25-23)13-9-21(28)27(16-19-7-5-4-6-8-19)18-22(29)17-26-14-10-20(22)11-15-26/h1,4-8,20,29H,3,9-18H2. The molecule has 0 radical (unpaired) electrons. The number of rotatable bonds is 9. The number of benzene rings is 1. The van der Waals surface area contributed by atoms with Crippen LogP contribution in [-0.4, -0.2) is 58.3 Å². The lowest BCUT2D eigenvalue weighted by atomic mass is 9.75. The summed E-state index contributed by atoms with van der Waals surface area (Å²) < 4.78 is 0. The molecule has 1 aromatic carbocycles. The molecule has 6 heteroatoms. The van der Waals surface area contributed by atoms with E-state index < -0.39 is 11.3 Å². The maximum absolute atomic E-state index is 13.2. The molecule has 4 heterocycles. The summed E-state index contributed by atoms with van der Waals surface area (Å²) >= 11 is 0. The second-order valence-electron chi connectivity index (χ2n) is 8.78. The van der Waals surface area contributed by atoms with Gasteiger partial charge in [-0.25, -0.2) is 0 Å². The number of carbonyl (C=O) groups is 1. The molecule has 1 amide bonds. The number of terminal acetylenes is 1. The quantitative estimate of drug-likeness (QED) is 0.655. The van der Waals surface area contributed by atoms with Gasteiger partial charge in [-0.1, -0.05) is 30.3 Å². The molecule has 0 saturated carbocycles. The van der Waals surface area contributed by atoms with Crippen molar-refractivity contribution in [3.05, 3.63) is 35.9 Å². The summed E-state index contributed by atoms with van der Waals surface area (Å²) in [6.07, 6.45) is 9.67. The predicted molar refractivity (Wildman–Crippen MR) is 111 cm³/mol. The molecule has 1 atom stereocenters. The first-order valence-electron chi connectivity index (χ1n) is 10.7. The first-order valence-corrected chi connectivity index (χ1v) is 10.7. The van der Waals surface area contributed by atoms with Gasteiger partial charge >= 0.3 is 0 Å². The minimum atomic E-state index is -0.823. The Morgan fingerprint density at radius 1 is 1.24 bits per heavy atom. The Kier molecular flexibility index (Phi) is 5.71. The molecular weight excluding hydrogens is 364 g/mol. The zero-order valence-electron chi connectivity index (χ0n) is 17.0. The van der Waals surface area contributed by atoms with E-state index in [9.17, 15) is 9.90 Å². The molecule has 5 rings (SSSR count). The number of carbonyl (C=O) groups excluding carboxylic acids is 1. The maximum atomic E-state index is 13.2. The van der Waals surface area contributed by atoms with Crippen LogP contribution in [0.25, 0.3) is 0 Å². The van der Waals surface area contributed by atoms with E-state index in [1.807, 2.05) is 35.2 Å². The number of hydrogen-bond donors (Lipinski definition) is 1. The molecule has 4 aliphatic rings. The van der Waals surface area contributed by atoms with Crippen molar-refractivity contribution in [1.29, 1.82) is 0 Å². The summed E-state index contributed by atoms with van der Waals surface area (Å²) in [7, 11) is 0. The Labute approximate surface area is 173 Å². The second-order valence-corrected chi connectivity index (χ2v) is 8.78. The molecule has 1 aromatic rings. The molecule has 0 aromatic heterocycles. The normalized spacial score (nSPS) is 28.7. The molecule has 3 saturated heterocycles. The van der Waals surface area contributed by atoms with Crippen LogP contribution in [0.1, 0.15) is 44.1 Å². The summed E-state index contributed by atoms with van der Waals surface area (Å²) in [6.45, 7) is 3.67. The highest BCUT2D eigenvalue weighted by Gasteiger charge is 2.47. The number of aliphatic hydroxyl groups is 1. The Morgan fingerprint density at radius 2 is 1.97 bits per heavy atom. The van der Waals surface area contributed by atoms with Crippen molar-refractivity contribution in [3.63, 3.8) is 0 Å². The van der Waals surface area contributed by atoms with E-state index in [0.717, 1.165) is 31.5 Å². The van der Waals surface area contributed by atoms with Gasteiger partial charge in [-0.05, 0) is 37.4 Å². The maximum Gasteiger partial charge on any atom is 0.223 e. The van der Waals surface area contributed by atoms with Crippen molar-refractivity contribution in [2.24, 2.45) is 16.1 Å². The Balaban J connectivity index is 1.43. The smallest absolute Gasteiger partial charge is 0.223 e. The number of nitrogens with zero attached hydrogens (tertiary/aromatic N) is 4. The average Bonchev–Trinajstić information content (AvgIpc) is 3.51. The molecule has 0 aliphatic carbocycles. The molecule has 2 bridgehead atoms. The minimum absolute atomic E-state index is 0.0520. The third-order valence-corrected chi connectivity index (χ3v) is 6.67. The van der Waals surface area contributed by atoms with Gasteiger partial charge in [0.1, 0.15) is 0 Å². The zero-order valence-corrected chi connectivity index (χ0v) is 17.0. The van der Waals surface area contributed by atoms with Crippen LogP contribution < -0.4 is 0 Å². The van der Waals surface area contributed by atoms with Gasteiger partial charge in [0.25, 0.3) is 0 Å². The molecule has 1 unspecified atom stereocenters. The first kappa shape index (κ1) is 20.1. The number of piperidine rings is 3. The van der Waals surface area contributed by atoms with E-state index in [1.54, 1.807) is 0 Å². The van der Waals surface area contributed by atoms with Crippen LogP contribution in [-0.2, 0) is 11.3 Å². The Hall–Kier alpha value is -2.23. The van der Waals surface area contributed by atoms with Crippen molar-refractivity contribution in [1.82, 2.24) is 9.80 Å². The largest absolute Gasteiger partial charge is 0.386 e. The summed E-state index contributed by atoms with van der Waals surface area (Å²) in [5.74, 6) is 2.95. The van der Waals surface area contributed by atoms with E-state index in [2.05, 4.69) is 21.0 Å². The van der Waals surface area contributed by atoms with E-state index in [0.29, 0.717) is 45.3 Å². The highest BCUT2D eigenvalue weighted by atomic mass is 16.3. The van der Waals surface area contributed by atoms with Crippen molar-refractivity contribution < 1.29 is 9.90 Å². The summed E-state index contributed by atoms with van der Waals surface area (Å²) in [4.78, 5) is 17.4. The lowest BCUT2D eigenvalue weighted by Crippen LogP contribution is -2.63. The van der Waals surface area contributed by atoms with E-state index in [4.69, 9.17) is 6.42 Å². The van der Waals surface area contributed by atoms with Crippen LogP contribution in [0.4, 0.5) is 0 Å². The lowest BCUT2D eigenvalue weighted by Gasteiger charge is -2.51. The summed E-state index contributed by atoms with van der Waals surface area (Å²) in [5, 5.41) is 19.7. The van der Waals surface area contributed by atoms with Crippen LogP contribution in [0, 0.1) is 18.3 Å².